The van der Waals surface area contributed by atoms with Crippen molar-refractivity contribution >= 4 is 0 Å². The highest BCUT2D eigenvalue weighted by Crippen LogP contribution is 2.28. The third-order valence-electron chi connectivity index (χ3n) is 3.75. The summed E-state index contributed by atoms with van der Waals surface area (Å²) < 4.78 is 0. The number of aromatic nitrogens is 1. The van der Waals surface area contributed by atoms with E-state index in [4.69, 9.17) is 0 Å². The Labute approximate surface area is 105 Å². The van der Waals surface area contributed by atoms with Gasteiger partial charge in [0.15, 0.2) is 0 Å². The quantitative estimate of drug-likeness (QED) is 0.863. The van der Waals surface area contributed by atoms with Crippen LogP contribution in [-0.4, -0.2) is 17.6 Å². The second-order valence-electron chi connectivity index (χ2n) is 5.68. The van der Waals surface area contributed by atoms with Crippen LogP contribution in [-0.2, 0) is 6.42 Å². The topological polar surface area (TPSA) is 24.9 Å². The second kappa shape index (κ2) is 6.15. The molecule has 1 aromatic heterocycles. The van der Waals surface area contributed by atoms with Crippen molar-refractivity contribution in [3.05, 3.63) is 30.1 Å². The Hall–Kier alpha value is -0.890. The smallest absolute Gasteiger partial charge is 0.0300 e. The molecule has 0 bridgehead atoms. The molecule has 2 atom stereocenters. The summed E-state index contributed by atoms with van der Waals surface area (Å²) in [6, 6.07) is 4.89. The summed E-state index contributed by atoms with van der Waals surface area (Å²) in [4.78, 5) is 4.15. The van der Waals surface area contributed by atoms with Gasteiger partial charge in [0.1, 0.15) is 0 Å². The van der Waals surface area contributed by atoms with Crippen molar-refractivity contribution < 1.29 is 0 Å². The van der Waals surface area contributed by atoms with Crippen LogP contribution in [0, 0.1) is 11.8 Å². The Balaban J connectivity index is 1.71. The molecular formula is C15H24N2. The minimum absolute atomic E-state index is 0.727. The molecule has 0 radical (unpaired) electrons. The maximum absolute atomic E-state index is 4.15. The average molecular weight is 232 g/mol. The van der Waals surface area contributed by atoms with Crippen LogP contribution < -0.4 is 5.32 Å². The summed E-state index contributed by atoms with van der Waals surface area (Å²) in [7, 11) is 0. The van der Waals surface area contributed by atoms with Gasteiger partial charge in [0.25, 0.3) is 0 Å². The highest BCUT2D eigenvalue weighted by molar-refractivity contribution is 5.08. The highest BCUT2D eigenvalue weighted by atomic mass is 14.9. The molecule has 0 amide bonds. The van der Waals surface area contributed by atoms with E-state index in [2.05, 4.69) is 30.2 Å². The molecule has 17 heavy (non-hydrogen) atoms. The van der Waals surface area contributed by atoms with Gasteiger partial charge in [-0.2, -0.15) is 0 Å². The molecule has 1 aliphatic carbocycles. The van der Waals surface area contributed by atoms with E-state index in [-0.39, 0.29) is 0 Å². The first-order valence-electron chi connectivity index (χ1n) is 6.86. The fourth-order valence-electron chi connectivity index (χ4n) is 3.08. The van der Waals surface area contributed by atoms with Crippen LogP contribution in [0.1, 0.15) is 38.7 Å². The summed E-state index contributed by atoms with van der Waals surface area (Å²) >= 11 is 0. The van der Waals surface area contributed by atoms with E-state index in [0.717, 1.165) is 30.8 Å². The van der Waals surface area contributed by atoms with Gasteiger partial charge in [-0.1, -0.05) is 19.9 Å². The van der Waals surface area contributed by atoms with Crippen LogP contribution in [0.5, 0.6) is 0 Å². The van der Waals surface area contributed by atoms with Crippen molar-refractivity contribution in [2.24, 2.45) is 11.8 Å². The number of pyridine rings is 1. The summed E-state index contributed by atoms with van der Waals surface area (Å²) in [6.07, 6.45) is 8.98. The standard InChI is InChI=1S/C15H24N2/c1-12-8-13(2)10-15(9-12)17-7-5-14-4-3-6-16-11-14/h3-4,6,11-13,15,17H,5,7-10H2,1-2H3. The maximum atomic E-state index is 4.15. The van der Waals surface area contributed by atoms with Gasteiger partial charge in [-0.05, 0) is 55.7 Å². The van der Waals surface area contributed by atoms with E-state index >= 15 is 0 Å². The highest BCUT2D eigenvalue weighted by Gasteiger charge is 2.22. The monoisotopic (exact) mass is 232 g/mol. The minimum atomic E-state index is 0.727. The van der Waals surface area contributed by atoms with Gasteiger partial charge in [-0.3, -0.25) is 4.98 Å². The Morgan fingerprint density at radius 1 is 1.24 bits per heavy atom. The zero-order chi connectivity index (χ0) is 12.1. The van der Waals surface area contributed by atoms with Crippen LogP contribution in [0.25, 0.3) is 0 Å². The van der Waals surface area contributed by atoms with E-state index in [9.17, 15) is 0 Å². The fourth-order valence-corrected chi connectivity index (χ4v) is 3.08. The van der Waals surface area contributed by atoms with Gasteiger partial charge in [-0.15, -0.1) is 0 Å². The van der Waals surface area contributed by atoms with E-state index in [1.54, 1.807) is 0 Å². The molecule has 2 nitrogen and oxygen atoms in total. The third-order valence-corrected chi connectivity index (χ3v) is 3.75. The van der Waals surface area contributed by atoms with E-state index in [0.29, 0.717) is 0 Å². The summed E-state index contributed by atoms with van der Waals surface area (Å²) in [5, 5.41) is 3.70. The van der Waals surface area contributed by atoms with Crippen molar-refractivity contribution in [3.8, 4) is 0 Å². The summed E-state index contributed by atoms with van der Waals surface area (Å²) in [5.74, 6) is 1.77. The molecule has 1 N–H and O–H groups in total. The van der Waals surface area contributed by atoms with Crippen LogP contribution in [0.4, 0.5) is 0 Å². The minimum Gasteiger partial charge on any atom is -0.314 e. The van der Waals surface area contributed by atoms with Crippen molar-refractivity contribution in [3.63, 3.8) is 0 Å². The number of hydrogen-bond donors (Lipinski definition) is 1. The molecule has 0 spiro atoms. The lowest BCUT2D eigenvalue weighted by atomic mass is 9.80. The van der Waals surface area contributed by atoms with Crippen LogP contribution in [0.15, 0.2) is 24.5 Å². The lowest BCUT2D eigenvalue weighted by Gasteiger charge is -2.32. The molecule has 94 valence electrons. The normalized spacial score (nSPS) is 29.2. The Morgan fingerprint density at radius 3 is 2.65 bits per heavy atom. The van der Waals surface area contributed by atoms with Gasteiger partial charge in [0.05, 0.1) is 0 Å². The number of nitrogens with zero attached hydrogens (tertiary/aromatic N) is 1. The van der Waals surface area contributed by atoms with Gasteiger partial charge >= 0.3 is 0 Å². The molecule has 1 heterocycles. The Morgan fingerprint density at radius 2 is 2.00 bits per heavy atom. The molecule has 1 saturated carbocycles. The molecule has 2 rings (SSSR count). The summed E-state index contributed by atoms with van der Waals surface area (Å²) in [5.41, 5.74) is 1.33. The van der Waals surface area contributed by atoms with Gasteiger partial charge < -0.3 is 5.32 Å². The zero-order valence-electron chi connectivity index (χ0n) is 11.0. The van der Waals surface area contributed by atoms with Gasteiger partial charge in [0, 0.05) is 18.4 Å². The first kappa shape index (κ1) is 12.6. The fraction of sp³-hybridized carbons (Fsp3) is 0.667. The number of rotatable bonds is 4. The zero-order valence-corrected chi connectivity index (χ0v) is 11.0. The molecule has 0 saturated heterocycles. The molecule has 2 heteroatoms. The second-order valence-corrected chi connectivity index (χ2v) is 5.68. The molecule has 2 unspecified atom stereocenters. The van der Waals surface area contributed by atoms with Crippen molar-refractivity contribution in [1.29, 1.82) is 0 Å². The first-order valence-corrected chi connectivity index (χ1v) is 6.86. The van der Waals surface area contributed by atoms with Gasteiger partial charge in [0.2, 0.25) is 0 Å². The molecule has 1 aliphatic rings. The molecule has 0 aromatic carbocycles. The van der Waals surface area contributed by atoms with E-state index in [1.807, 2.05) is 18.5 Å². The van der Waals surface area contributed by atoms with E-state index in [1.165, 1.54) is 24.8 Å². The average Bonchev–Trinajstić information content (AvgIpc) is 2.29. The Bertz CT molecular complexity index is 313. The number of nitrogens with one attached hydrogen (secondary N) is 1. The molecule has 0 aliphatic heterocycles. The SMILES string of the molecule is CC1CC(C)CC(NCCc2cccnc2)C1. The Kier molecular flexibility index (Phi) is 4.55. The predicted molar refractivity (Wildman–Crippen MR) is 71.9 cm³/mol. The number of hydrogen-bond acceptors (Lipinski definition) is 2. The lowest BCUT2D eigenvalue weighted by Crippen LogP contribution is -2.37. The maximum Gasteiger partial charge on any atom is 0.0300 e. The largest absolute Gasteiger partial charge is 0.314 e. The van der Waals surface area contributed by atoms with E-state index < -0.39 is 0 Å². The molecule has 1 aromatic rings. The first-order chi connectivity index (χ1) is 8.24. The van der Waals surface area contributed by atoms with Crippen molar-refractivity contribution in [1.82, 2.24) is 10.3 Å². The predicted octanol–water partition coefficient (Wildman–Crippen LogP) is 3.04. The summed E-state index contributed by atoms with van der Waals surface area (Å²) in [6.45, 7) is 5.84. The lowest BCUT2D eigenvalue weighted by molar-refractivity contribution is 0.240. The van der Waals surface area contributed by atoms with Crippen LogP contribution in [0.3, 0.4) is 0 Å². The van der Waals surface area contributed by atoms with Gasteiger partial charge in [-0.25, -0.2) is 0 Å². The third kappa shape index (κ3) is 4.12. The molecule has 1 fully saturated rings. The van der Waals surface area contributed by atoms with Crippen LogP contribution in [0.2, 0.25) is 0 Å². The van der Waals surface area contributed by atoms with Crippen molar-refractivity contribution in [2.75, 3.05) is 6.54 Å². The van der Waals surface area contributed by atoms with Crippen LogP contribution >= 0.6 is 0 Å². The molecular weight excluding hydrogens is 208 g/mol. The van der Waals surface area contributed by atoms with Crippen molar-refractivity contribution in [2.45, 2.75) is 45.6 Å².